The van der Waals surface area contributed by atoms with Crippen LogP contribution in [0.15, 0.2) is 47.4 Å². The zero-order valence-electron chi connectivity index (χ0n) is 12.2. The van der Waals surface area contributed by atoms with Crippen LogP contribution < -0.4 is 4.74 Å². The average molecular weight is 349 g/mol. The zero-order chi connectivity index (χ0) is 16.8. The van der Waals surface area contributed by atoms with Crippen molar-refractivity contribution < 1.29 is 18.8 Å². The van der Waals surface area contributed by atoms with Crippen LogP contribution in [0.3, 0.4) is 0 Å². The van der Waals surface area contributed by atoms with E-state index in [9.17, 15) is 9.00 Å². The standard InChI is InChI=1S/C17H13ClO4S/c1-23(21)15-4-2-3-12(9-15)5-6-13-10-14(18)7-8-16(13)22-11-17(19)20/h2-4,7-10H,11H2,1H3,(H,19,20). The molecule has 0 bridgehead atoms. The Morgan fingerprint density at radius 1 is 1.26 bits per heavy atom. The molecule has 1 atom stereocenters. The highest BCUT2D eigenvalue weighted by Crippen LogP contribution is 2.22. The summed E-state index contributed by atoms with van der Waals surface area (Å²) in [5, 5.41) is 9.17. The molecule has 0 amide bonds. The molecule has 0 heterocycles. The summed E-state index contributed by atoms with van der Waals surface area (Å²) in [5.74, 6) is 5.12. The fourth-order valence-corrected chi connectivity index (χ4v) is 2.49. The summed E-state index contributed by atoms with van der Waals surface area (Å²) < 4.78 is 16.7. The largest absolute Gasteiger partial charge is 0.481 e. The number of carboxylic acid groups (broad SMARTS) is 1. The number of hydrogen-bond donors (Lipinski definition) is 1. The van der Waals surface area contributed by atoms with Gasteiger partial charge in [-0.1, -0.05) is 29.5 Å². The van der Waals surface area contributed by atoms with Crippen LogP contribution in [0, 0.1) is 11.8 Å². The van der Waals surface area contributed by atoms with E-state index in [1.807, 2.05) is 0 Å². The minimum absolute atomic E-state index is 0.347. The number of hydrogen-bond acceptors (Lipinski definition) is 3. The van der Waals surface area contributed by atoms with Crippen molar-refractivity contribution in [1.29, 1.82) is 0 Å². The number of benzene rings is 2. The van der Waals surface area contributed by atoms with E-state index in [0.29, 0.717) is 26.8 Å². The average Bonchev–Trinajstić information content (AvgIpc) is 2.52. The van der Waals surface area contributed by atoms with Gasteiger partial charge >= 0.3 is 5.97 Å². The summed E-state index contributed by atoms with van der Waals surface area (Å²) in [6.45, 7) is -0.458. The third-order valence-electron chi connectivity index (χ3n) is 2.80. The van der Waals surface area contributed by atoms with Gasteiger partial charge in [0, 0.05) is 32.5 Å². The van der Waals surface area contributed by atoms with E-state index in [1.54, 1.807) is 48.7 Å². The Hall–Kier alpha value is -2.29. The molecule has 0 aliphatic rings. The Morgan fingerprint density at radius 2 is 2.04 bits per heavy atom. The highest BCUT2D eigenvalue weighted by atomic mass is 35.5. The maximum absolute atomic E-state index is 11.5. The first-order valence-electron chi connectivity index (χ1n) is 6.55. The van der Waals surface area contributed by atoms with Crippen LogP contribution in [0.5, 0.6) is 5.75 Å². The molecule has 0 saturated heterocycles. The molecule has 23 heavy (non-hydrogen) atoms. The van der Waals surface area contributed by atoms with Crippen molar-refractivity contribution in [2.24, 2.45) is 0 Å². The van der Waals surface area contributed by atoms with Gasteiger partial charge in [0.25, 0.3) is 0 Å². The first-order valence-corrected chi connectivity index (χ1v) is 8.49. The molecule has 2 rings (SSSR count). The number of carbonyl (C=O) groups is 1. The van der Waals surface area contributed by atoms with Crippen molar-refractivity contribution in [2.45, 2.75) is 4.90 Å². The Morgan fingerprint density at radius 3 is 2.74 bits per heavy atom. The van der Waals surface area contributed by atoms with Gasteiger partial charge in [0.1, 0.15) is 5.75 Å². The Kier molecular flexibility index (Phi) is 5.80. The molecule has 0 aromatic heterocycles. The van der Waals surface area contributed by atoms with Gasteiger partial charge in [-0.15, -0.1) is 0 Å². The molecule has 1 N–H and O–H groups in total. The summed E-state index contributed by atoms with van der Waals surface area (Å²) in [6, 6.07) is 11.9. The molecule has 0 fully saturated rings. The first kappa shape index (κ1) is 17.1. The fourth-order valence-electron chi connectivity index (χ4n) is 1.76. The molecule has 0 saturated carbocycles. The quantitative estimate of drug-likeness (QED) is 0.863. The molecule has 0 radical (unpaired) electrons. The lowest BCUT2D eigenvalue weighted by atomic mass is 10.1. The molecule has 6 heteroatoms. The molecule has 2 aromatic carbocycles. The molecule has 0 aliphatic heterocycles. The molecule has 4 nitrogen and oxygen atoms in total. The topological polar surface area (TPSA) is 63.6 Å². The first-order chi connectivity index (χ1) is 11.0. The van der Waals surface area contributed by atoms with Gasteiger partial charge in [-0.25, -0.2) is 4.79 Å². The molecule has 0 spiro atoms. The maximum Gasteiger partial charge on any atom is 0.341 e. The molecular formula is C17H13ClO4S. The molecule has 118 valence electrons. The fraction of sp³-hybridized carbons (Fsp3) is 0.118. The normalized spacial score (nSPS) is 11.2. The smallest absolute Gasteiger partial charge is 0.341 e. The van der Waals surface area contributed by atoms with Crippen LogP contribution in [-0.4, -0.2) is 28.1 Å². The summed E-state index contributed by atoms with van der Waals surface area (Å²) in [6.07, 6.45) is 1.60. The third kappa shape index (κ3) is 5.13. The minimum Gasteiger partial charge on any atom is -0.481 e. The highest BCUT2D eigenvalue weighted by molar-refractivity contribution is 7.84. The predicted molar refractivity (Wildman–Crippen MR) is 89.3 cm³/mol. The SMILES string of the molecule is CS(=O)c1cccc(C#Cc2cc(Cl)ccc2OCC(=O)O)c1. The van der Waals surface area contributed by atoms with E-state index in [-0.39, 0.29) is 0 Å². The number of ether oxygens (including phenoxy) is 1. The van der Waals surface area contributed by atoms with Crippen molar-refractivity contribution in [1.82, 2.24) is 0 Å². The molecule has 0 aliphatic carbocycles. The van der Waals surface area contributed by atoms with E-state index >= 15 is 0 Å². The van der Waals surface area contributed by atoms with Crippen LogP contribution in [0.25, 0.3) is 0 Å². The second kappa shape index (κ2) is 7.82. The van der Waals surface area contributed by atoms with Crippen molar-refractivity contribution in [2.75, 3.05) is 12.9 Å². The van der Waals surface area contributed by atoms with Gasteiger partial charge in [-0.2, -0.15) is 0 Å². The lowest BCUT2D eigenvalue weighted by Gasteiger charge is -2.06. The summed E-state index contributed by atoms with van der Waals surface area (Å²) in [5.41, 5.74) is 1.18. The number of aliphatic carboxylic acids is 1. The van der Waals surface area contributed by atoms with Crippen LogP contribution >= 0.6 is 11.6 Å². The molecule has 1 unspecified atom stereocenters. The van der Waals surface area contributed by atoms with Gasteiger partial charge in [0.2, 0.25) is 0 Å². The van der Waals surface area contributed by atoms with E-state index in [2.05, 4.69) is 11.8 Å². The molecule has 2 aromatic rings. The number of halogens is 1. The predicted octanol–water partition coefficient (Wildman–Crippen LogP) is 2.94. The third-order valence-corrected chi connectivity index (χ3v) is 3.95. The minimum atomic E-state index is -1.08. The summed E-state index contributed by atoms with van der Waals surface area (Å²) >= 11 is 5.95. The summed E-state index contributed by atoms with van der Waals surface area (Å²) in [4.78, 5) is 11.3. The van der Waals surface area contributed by atoms with Gasteiger partial charge < -0.3 is 9.84 Å². The van der Waals surface area contributed by atoms with E-state index in [4.69, 9.17) is 21.4 Å². The maximum atomic E-state index is 11.5. The van der Waals surface area contributed by atoms with Crippen LogP contribution in [-0.2, 0) is 15.6 Å². The van der Waals surface area contributed by atoms with E-state index < -0.39 is 23.4 Å². The number of rotatable bonds is 4. The van der Waals surface area contributed by atoms with Crippen LogP contribution in [0.1, 0.15) is 11.1 Å². The lowest BCUT2D eigenvalue weighted by molar-refractivity contribution is -0.139. The van der Waals surface area contributed by atoms with Crippen molar-refractivity contribution in [3.63, 3.8) is 0 Å². The summed E-state index contributed by atoms with van der Waals surface area (Å²) in [7, 11) is -1.08. The second-order valence-corrected chi connectivity index (χ2v) is 6.37. The monoisotopic (exact) mass is 348 g/mol. The van der Waals surface area contributed by atoms with Crippen LogP contribution in [0.4, 0.5) is 0 Å². The van der Waals surface area contributed by atoms with Crippen molar-refractivity contribution in [3.05, 3.63) is 58.6 Å². The number of carboxylic acids is 1. The zero-order valence-corrected chi connectivity index (χ0v) is 13.8. The molecular weight excluding hydrogens is 336 g/mol. The second-order valence-electron chi connectivity index (χ2n) is 4.55. The Labute approximate surface area is 141 Å². The Balaban J connectivity index is 2.32. The van der Waals surface area contributed by atoms with Gasteiger partial charge in [0.05, 0.1) is 5.56 Å². The lowest BCUT2D eigenvalue weighted by Crippen LogP contribution is -2.10. The van der Waals surface area contributed by atoms with Gasteiger partial charge in [0.15, 0.2) is 6.61 Å². The van der Waals surface area contributed by atoms with Crippen LogP contribution in [0.2, 0.25) is 5.02 Å². The van der Waals surface area contributed by atoms with E-state index in [0.717, 1.165) is 0 Å². The Bertz CT molecular complexity index is 821. The highest BCUT2D eigenvalue weighted by Gasteiger charge is 2.05. The van der Waals surface area contributed by atoms with Crippen molar-refractivity contribution >= 4 is 28.4 Å². The van der Waals surface area contributed by atoms with Crippen molar-refractivity contribution in [3.8, 4) is 17.6 Å². The van der Waals surface area contributed by atoms with E-state index in [1.165, 1.54) is 0 Å². The van der Waals surface area contributed by atoms with Gasteiger partial charge in [-0.3, -0.25) is 4.21 Å². The van der Waals surface area contributed by atoms with Gasteiger partial charge in [-0.05, 0) is 36.4 Å².